The lowest BCUT2D eigenvalue weighted by Gasteiger charge is -2.07. The molecule has 2 aromatic rings. The van der Waals surface area contributed by atoms with Crippen molar-refractivity contribution in [1.29, 1.82) is 0 Å². The fourth-order valence-corrected chi connectivity index (χ4v) is 2.07. The molecule has 1 aliphatic carbocycles. The molecule has 0 unspecified atom stereocenters. The van der Waals surface area contributed by atoms with Crippen LogP contribution < -0.4 is 5.73 Å². The molecule has 3 rings (SSSR count). The van der Waals surface area contributed by atoms with Gasteiger partial charge < -0.3 is 5.73 Å². The number of nitrogens with two attached hydrogens (primary N) is 1. The molecular weight excluding hydrogens is 229 g/mol. The summed E-state index contributed by atoms with van der Waals surface area (Å²) >= 11 is 0. The Balaban J connectivity index is 2.10. The Bertz CT molecular complexity index is 606. The third kappa shape index (κ3) is 2.06. The molecule has 3 nitrogen and oxygen atoms in total. The summed E-state index contributed by atoms with van der Waals surface area (Å²) in [6, 6.07) is 6.44. The Morgan fingerprint density at radius 3 is 2.67 bits per heavy atom. The lowest BCUT2D eigenvalue weighted by Crippen LogP contribution is -2.00. The Hall–Kier alpha value is -1.97. The van der Waals surface area contributed by atoms with Gasteiger partial charge in [0.2, 0.25) is 0 Å². The van der Waals surface area contributed by atoms with Crippen molar-refractivity contribution >= 4 is 5.82 Å². The Labute approximate surface area is 105 Å². The standard InChI is InChI=1S/C14H14FN3/c1-8-6-10(15)4-5-11(8)14-17-12(9-2-3-9)7-13(16)18-14/h4-7,9H,2-3H2,1H3,(H2,16,17,18). The molecule has 2 N–H and O–H groups in total. The molecule has 1 saturated carbocycles. The maximum atomic E-state index is 13.1. The van der Waals surface area contributed by atoms with Gasteiger partial charge in [-0.2, -0.15) is 0 Å². The number of aromatic nitrogens is 2. The van der Waals surface area contributed by atoms with Gasteiger partial charge in [-0.05, 0) is 43.5 Å². The summed E-state index contributed by atoms with van der Waals surface area (Å²) in [6.45, 7) is 1.85. The fourth-order valence-electron chi connectivity index (χ4n) is 2.07. The van der Waals surface area contributed by atoms with Gasteiger partial charge in [0.1, 0.15) is 11.6 Å². The van der Waals surface area contributed by atoms with Gasteiger partial charge in [0.25, 0.3) is 0 Å². The molecule has 1 aromatic carbocycles. The first-order valence-electron chi connectivity index (χ1n) is 6.04. The van der Waals surface area contributed by atoms with Crippen LogP contribution in [0.25, 0.3) is 11.4 Å². The Morgan fingerprint density at radius 2 is 2.00 bits per heavy atom. The molecule has 4 heteroatoms. The fraction of sp³-hybridized carbons (Fsp3) is 0.286. The number of nitrogen functional groups attached to an aromatic ring is 1. The predicted octanol–water partition coefficient (Wildman–Crippen LogP) is 3.05. The normalized spacial score (nSPS) is 14.8. The van der Waals surface area contributed by atoms with Crippen LogP contribution in [0.2, 0.25) is 0 Å². The zero-order valence-electron chi connectivity index (χ0n) is 10.2. The average Bonchev–Trinajstić information content (AvgIpc) is 3.11. The minimum atomic E-state index is -0.248. The highest BCUT2D eigenvalue weighted by molar-refractivity contribution is 5.61. The zero-order chi connectivity index (χ0) is 12.7. The van der Waals surface area contributed by atoms with E-state index in [9.17, 15) is 4.39 Å². The molecule has 18 heavy (non-hydrogen) atoms. The van der Waals surface area contributed by atoms with Gasteiger partial charge in [-0.3, -0.25) is 0 Å². The molecule has 1 fully saturated rings. The van der Waals surface area contributed by atoms with Crippen molar-refractivity contribution in [1.82, 2.24) is 9.97 Å². The largest absolute Gasteiger partial charge is 0.384 e. The summed E-state index contributed by atoms with van der Waals surface area (Å²) in [4.78, 5) is 8.79. The number of hydrogen-bond acceptors (Lipinski definition) is 3. The first kappa shape index (κ1) is 11.1. The quantitative estimate of drug-likeness (QED) is 0.882. The van der Waals surface area contributed by atoms with E-state index in [2.05, 4.69) is 9.97 Å². The summed E-state index contributed by atoms with van der Waals surface area (Å²) < 4.78 is 13.1. The van der Waals surface area contributed by atoms with Crippen LogP contribution in [0.1, 0.15) is 30.0 Å². The maximum Gasteiger partial charge on any atom is 0.162 e. The molecule has 0 aliphatic heterocycles. The third-order valence-electron chi connectivity index (χ3n) is 3.19. The van der Waals surface area contributed by atoms with Crippen LogP contribution in [0.5, 0.6) is 0 Å². The summed E-state index contributed by atoms with van der Waals surface area (Å²) in [7, 11) is 0. The van der Waals surface area contributed by atoms with Crippen LogP contribution in [0.15, 0.2) is 24.3 Å². The van der Waals surface area contributed by atoms with Crippen molar-refractivity contribution in [2.24, 2.45) is 0 Å². The molecular formula is C14H14FN3. The number of nitrogens with zero attached hydrogens (tertiary/aromatic N) is 2. The van der Waals surface area contributed by atoms with Gasteiger partial charge in [-0.15, -0.1) is 0 Å². The molecule has 0 spiro atoms. The summed E-state index contributed by atoms with van der Waals surface area (Å²) in [6.07, 6.45) is 2.33. The van der Waals surface area contributed by atoms with Crippen LogP contribution in [0.4, 0.5) is 10.2 Å². The van der Waals surface area contributed by atoms with Crippen LogP contribution in [0.3, 0.4) is 0 Å². The van der Waals surface area contributed by atoms with Crippen LogP contribution in [-0.2, 0) is 0 Å². The van der Waals surface area contributed by atoms with E-state index in [-0.39, 0.29) is 5.82 Å². The van der Waals surface area contributed by atoms with Crippen molar-refractivity contribution in [2.45, 2.75) is 25.7 Å². The van der Waals surface area contributed by atoms with Gasteiger partial charge in [-0.25, -0.2) is 14.4 Å². The molecule has 0 bridgehead atoms. The lowest BCUT2D eigenvalue weighted by atomic mass is 10.1. The molecule has 0 saturated heterocycles. The number of hydrogen-bond donors (Lipinski definition) is 1. The van der Waals surface area contributed by atoms with E-state index in [0.29, 0.717) is 17.6 Å². The maximum absolute atomic E-state index is 13.1. The summed E-state index contributed by atoms with van der Waals surface area (Å²) in [5.41, 5.74) is 8.48. The van der Waals surface area contributed by atoms with Crippen LogP contribution in [-0.4, -0.2) is 9.97 Å². The van der Waals surface area contributed by atoms with Gasteiger partial charge in [-0.1, -0.05) is 0 Å². The van der Waals surface area contributed by atoms with Crippen molar-refractivity contribution < 1.29 is 4.39 Å². The molecule has 1 aromatic heterocycles. The van der Waals surface area contributed by atoms with Gasteiger partial charge in [0.05, 0.1) is 0 Å². The van der Waals surface area contributed by atoms with E-state index >= 15 is 0 Å². The highest BCUT2D eigenvalue weighted by atomic mass is 19.1. The van der Waals surface area contributed by atoms with Crippen molar-refractivity contribution in [3.63, 3.8) is 0 Å². The van der Waals surface area contributed by atoms with Crippen molar-refractivity contribution in [3.8, 4) is 11.4 Å². The van der Waals surface area contributed by atoms with Gasteiger partial charge in [0.15, 0.2) is 5.82 Å². The second kappa shape index (κ2) is 4.05. The van der Waals surface area contributed by atoms with E-state index in [0.717, 1.165) is 29.7 Å². The van der Waals surface area contributed by atoms with E-state index in [1.165, 1.54) is 12.1 Å². The zero-order valence-corrected chi connectivity index (χ0v) is 10.2. The Morgan fingerprint density at radius 1 is 1.22 bits per heavy atom. The average molecular weight is 243 g/mol. The first-order valence-corrected chi connectivity index (χ1v) is 6.04. The highest BCUT2D eigenvalue weighted by Gasteiger charge is 2.26. The summed E-state index contributed by atoms with van der Waals surface area (Å²) in [5.74, 6) is 1.34. The van der Waals surface area contributed by atoms with Crippen LogP contribution in [0, 0.1) is 12.7 Å². The molecule has 0 amide bonds. The first-order chi connectivity index (χ1) is 8.63. The topological polar surface area (TPSA) is 51.8 Å². The Kier molecular flexibility index (Phi) is 2.51. The number of rotatable bonds is 2. The molecule has 1 aliphatic rings. The monoisotopic (exact) mass is 243 g/mol. The minimum absolute atomic E-state index is 0.248. The number of benzene rings is 1. The second-order valence-electron chi connectivity index (χ2n) is 4.77. The number of anilines is 1. The highest BCUT2D eigenvalue weighted by Crippen LogP contribution is 2.40. The van der Waals surface area contributed by atoms with Crippen LogP contribution >= 0.6 is 0 Å². The second-order valence-corrected chi connectivity index (χ2v) is 4.77. The smallest absolute Gasteiger partial charge is 0.162 e. The van der Waals surface area contributed by atoms with Crippen molar-refractivity contribution in [3.05, 3.63) is 41.3 Å². The van der Waals surface area contributed by atoms with Gasteiger partial charge >= 0.3 is 0 Å². The van der Waals surface area contributed by atoms with E-state index in [1.54, 1.807) is 6.07 Å². The molecule has 1 heterocycles. The van der Waals surface area contributed by atoms with E-state index < -0.39 is 0 Å². The van der Waals surface area contributed by atoms with E-state index in [4.69, 9.17) is 5.73 Å². The molecule has 0 radical (unpaired) electrons. The van der Waals surface area contributed by atoms with Gasteiger partial charge in [0, 0.05) is 23.2 Å². The number of aryl methyl sites for hydroxylation is 1. The third-order valence-corrected chi connectivity index (χ3v) is 3.19. The van der Waals surface area contributed by atoms with Crippen molar-refractivity contribution in [2.75, 3.05) is 5.73 Å². The predicted molar refractivity (Wildman–Crippen MR) is 68.6 cm³/mol. The number of halogens is 1. The SMILES string of the molecule is Cc1cc(F)ccc1-c1nc(N)cc(C2CC2)n1. The summed E-state index contributed by atoms with van der Waals surface area (Å²) in [5, 5.41) is 0. The minimum Gasteiger partial charge on any atom is -0.384 e. The lowest BCUT2D eigenvalue weighted by molar-refractivity contribution is 0.627. The molecule has 0 atom stereocenters. The molecule has 92 valence electrons. The van der Waals surface area contributed by atoms with E-state index in [1.807, 2.05) is 13.0 Å².